The van der Waals surface area contributed by atoms with E-state index in [2.05, 4.69) is 4.74 Å². The number of halogens is 3. The van der Waals surface area contributed by atoms with Crippen LogP contribution in [0.3, 0.4) is 0 Å². The minimum absolute atomic E-state index is 0.135. The summed E-state index contributed by atoms with van der Waals surface area (Å²) < 4.78 is 45.6. The van der Waals surface area contributed by atoms with Crippen LogP contribution in [0.5, 0.6) is 5.75 Å². The summed E-state index contributed by atoms with van der Waals surface area (Å²) in [7, 11) is 0. The smallest absolute Gasteiger partial charge is 0.466 e. The van der Waals surface area contributed by atoms with Crippen molar-refractivity contribution in [1.29, 1.82) is 5.26 Å². The number of aryl methyl sites for hydroxylation is 1. The van der Waals surface area contributed by atoms with Gasteiger partial charge in [0, 0.05) is 0 Å². The Bertz CT molecular complexity index is 547. The minimum Gasteiger partial charge on any atom is -0.466 e. The van der Waals surface area contributed by atoms with Crippen LogP contribution in [0, 0.1) is 18.3 Å². The molecule has 108 valence electrons. The minimum atomic E-state index is -4.90. The zero-order valence-electron chi connectivity index (χ0n) is 10.9. The Balaban J connectivity index is 3.18. The number of nitrogens with zero attached hydrogens (tertiary/aromatic N) is 1. The van der Waals surface area contributed by atoms with Crippen LogP contribution < -0.4 is 4.74 Å². The van der Waals surface area contributed by atoms with Crippen LogP contribution >= 0.6 is 0 Å². The Morgan fingerprint density at radius 1 is 1.40 bits per heavy atom. The summed E-state index contributed by atoms with van der Waals surface area (Å²) in [5.74, 6) is -1.20. The molecule has 0 saturated heterocycles. The Kier molecular flexibility index (Phi) is 4.97. The highest BCUT2D eigenvalue weighted by atomic mass is 19.4. The third-order valence-corrected chi connectivity index (χ3v) is 2.41. The molecule has 0 aliphatic heterocycles. The Morgan fingerprint density at radius 2 is 2.05 bits per heavy atom. The van der Waals surface area contributed by atoms with Gasteiger partial charge < -0.3 is 9.47 Å². The highest BCUT2D eigenvalue weighted by Crippen LogP contribution is 2.31. The first-order chi connectivity index (χ1) is 9.28. The molecule has 0 aromatic heterocycles. The number of ether oxygens (including phenoxy) is 2. The van der Waals surface area contributed by atoms with Crippen LogP contribution in [0.25, 0.3) is 0 Å². The first-order valence-corrected chi connectivity index (χ1v) is 5.72. The largest absolute Gasteiger partial charge is 0.573 e. The zero-order valence-corrected chi connectivity index (χ0v) is 10.9. The van der Waals surface area contributed by atoms with Crippen molar-refractivity contribution >= 4 is 5.97 Å². The van der Waals surface area contributed by atoms with Gasteiger partial charge in [0.1, 0.15) is 11.8 Å². The van der Waals surface area contributed by atoms with E-state index < -0.39 is 18.1 Å². The monoisotopic (exact) mass is 287 g/mol. The van der Waals surface area contributed by atoms with Crippen molar-refractivity contribution in [3.8, 4) is 11.8 Å². The number of hydrogen-bond donors (Lipinski definition) is 0. The molecule has 0 aliphatic rings. The van der Waals surface area contributed by atoms with Crippen molar-refractivity contribution in [2.45, 2.75) is 26.6 Å². The number of nitriles is 1. The van der Waals surface area contributed by atoms with Crippen LogP contribution in [0.4, 0.5) is 13.2 Å². The summed E-state index contributed by atoms with van der Waals surface area (Å²) in [5.41, 5.74) is -0.0161. The lowest BCUT2D eigenvalue weighted by Crippen LogP contribution is -2.19. The average Bonchev–Trinajstić information content (AvgIpc) is 2.32. The molecule has 20 heavy (non-hydrogen) atoms. The number of carbonyl (C=O) groups is 1. The molecule has 0 N–H and O–H groups in total. The van der Waals surface area contributed by atoms with E-state index in [9.17, 15) is 18.0 Å². The molecule has 0 aliphatic carbocycles. The maximum absolute atomic E-state index is 12.3. The lowest BCUT2D eigenvalue weighted by atomic mass is 10.0. The summed E-state index contributed by atoms with van der Waals surface area (Å²) in [6.45, 7) is 3.14. The molecule has 0 radical (unpaired) electrons. The summed E-state index contributed by atoms with van der Waals surface area (Å²) in [6.07, 6.45) is -5.19. The summed E-state index contributed by atoms with van der Waals surface area (Å²) in [5, 5.41) is 9.01. The fraction of sp³-hybridized carbons (Fsp3) is 0.385. The summed E-state index contributed by atoms with van der Waals surface area (Å²) >= 11 is 0. The molecule has 0 amide bonds. The maximum atomic E-state index is 12.3. The van der Waals surface area contributed by atoms with Gasteiger partial charge in [-0.1, -0.05) is 12.1 Å². The Morgan fingerprint density at radius 3 is 2.55 bits per heavy atom. The predicted octanol–water partition coefficient (Wildman–Crippen LogP) is 2.87. The number of carbonyl (C=O) groups excluding carboxylic acids is 1. The van der Waals surface area contributed by atoms with Gasteiger partial charge in [0.2, 0.25) is 0 Å². The number of benzene rings is 1. The van der Waals surface area contributed by atoms with Gasteiger partial charge in [-0.25, -0.2) is 0 Å². The third kappa shape index (κ3) is 4.16. The second-order valence-corrected chi connectivity index (χ2v) is 3.89. The van der Waals surface area contributed by atoms with Crippen molar-refractivity contribution in [3.63, 3.8) is 0 Å². The normalized spacial score (nSPS) is 10.8. The summed E-state index contributed by atoms with van der Waals surface area (Å²) in [6, 6.07) is 4.41. The van der Waals surface area contributed by atoms with Crippen LogP contribution in [0.2, 0.25) is 0 Å². The van der Waals surface area contributed by atoms with E-state index in [1.54, 1.807) is 13.0 Å². The first kappa shape index (κ1) is 15.8. The maximum Gasteiger partial charge on any atom is 0.573 e. The van der Waals surface area contributed by atoms with E-state index in [0.29, 0.717) is 0 Å². The highest BCUT2D eigenvalue weighted by Gasteiger charge is 2.33. The molecule has 1 rings (SSSR count). The second kappa shape index (κ2) is 6.28. The van der Waals surface area contributed by atoms with Crippen LogP contribution in [0.1, 0.15) is 23.6 Å². The Labute approximate surface area is 113 Å². The molecule has 1 aromatic carbocycles. The molecule has 0 spiro atoms. The fourth-order valence-electron chi connectivity index (χ4n) is 1.61. The highest BCUT2D eigenvalue weighted by molar-refractivity contribution is 5.74. The van der Waals surface area contributed by atoms with E-state index in [4.69, 9.17) is 10.00 Å². The molecule has 4 nitrogen and oxygen atoms in total. The van der Waals surface area contributed by atoms with Crippen molar-refractivity contribution in [2.75, 3.05) is 6.61 Å². The van der Waals surface area contributed by atoms with E-state index in [-0.39, 0.29) is 29.7 Å². The topological polar surface area (TPSA) is 59.3 Å². The average molecular weight is 287 g/mol. The van der Waals surface area contributed by atoms with Gasteiger partial charge in [-0.05, 0) is 25.0 Å². The van der Waals surface area contributed by atoms with Gasteiger partial charge in [-0.15, -0.1) is 13.2 Å². The SMILES string of the molecule is CCOC(=O)Cc1ccc(C)c(OC(F)(F)F)c1C#N. The van der Waals surface area contributed by atoms with Gasteiger partial charge in [-0.2, -0.15) is 5.26 Å². The van der Waals surface area contributed by atoms with Crippen LogP contribution in [0.15, 0.2) is 12.1 Å². The first-order valence-electron chi connectivity index (χ1n) is 5.72. The second-order valence-electron chi connectivity index (χ2n) is 3.89. The lowest BCUT2D eigenvalue weighted by molar-refractivity contribution is -0.274. The molecule has 7 heteroatoms. The molecule has 0 unspecified atom stereocenters. The van der Waals surface area contributed by atoms with Crippen molar-refractivity contribution < 1.29 is 27.4 Å². The molecule has 0 heterocycles. The van der Waals surface area contributed by atoms with Crippen molar-refractivity contribution in [1.82, 2.24) is 0 Å². The fourth-order valence-corrected chi connectivity index (χ4v) is 1.61. The van der Waals surface area contributed by atoms with Gasteiger partial charge >= 0.3 is 12.3 Å². The lowest BCUT2D eigenvalue weighted by Gasteiger charge is -2.15. The molecule has 0 atom stereocenters. The van der Waals surface area contributed by atoms with E-state index in [1.807, 2.05) is 0 Å². The zero-order chi connectivity index (χ0) is 15.3. The van der Waals surface area contributed by atoms with Crippen molar-refractivity contribution in [3.05, 3.63) is 28.8 Å². The molecule has 0 saturated carbocycles. The predicted molar refractivity (Wildman–Crippen MR) is 62.9 cm³/mol. The molecule has 1 aromatic rings. The number of alkyl halides is 3. The Hall–Kier alpha value is -2.23. The number of hydrogen-bond acceptors (Lipinski definition) is 4. The molecular formula is C13H12F3NO3. The van der Waals surface area contributed by atoms with Crippen LogP contribution in [-0.2, 0) is 16.0 Å². The number of rotatable bonds is 4. The van der Waals surface area contributed by atoms with Gasteiger partial charge in [0.05, 0.1) is 18.6 Å². The van der Waals surface area contributed by atoms with Gasteiger partial charge in [-0.3, -0.25) is 4.79 Å². The third-order valence-electron chi connectivity index (χ3n) is 2.41. The van der Waals surface area contributed by atoms with Gasteiger partial charge in [0.25, 0.3) is 0 Å². The number of esters is 1. The van der Waals surface area contributed by atoms with Crippen molar-refractivity contribution in [2.24, 2.45) is 0 Å². The summed E-state index contributed by atoms with van der Waals surface area (Å²) in [4.78, 5) is 11.4. The van der Waals surface area contributed by atoms with E-state index in [0.717, 1.165) is 0 Å². The van der Waals surface area contributed by atoms with E-state index in [1.165, 1.54) is 19.1 Å². The standard InChI is InChI=1S/C13H12F3NO3/c1-3-19-11(18)6-9-5-4-8(2)12(10(9)7-17)20-13(14,15)16/h4-5H,3,6H2,1-2H3. The molecule has 0 bridgehead atoms. The van der Waals surface area contributed by atoms with Gasteiger partial charge in [0.15, 0.2) is 0 Å². The van der Waals surface area contributed by atoms with Crippen LogP contribution in [-0.4, -0.2) is 18.9 Å². The molecular weight excluding hydrogens is 275 g/mol. The van der Waals surface area contributed by atoms with E-state index >= 15 is 0 Å². The molecule has 0 fully saturated rings. The quantitative estimate of drug-likeness (QED) is 0.799.